The second-order valence-corrected chi connectivity index (χ2v) is 4.86. The number of aromatic nitrogens is 3. The van der Waals surface area contributed by atoms with E-state index in [0.29, 0.717) is 11.5 Å². The summed E-state index contributed by atoms with van der Waals surface area (Å²) in [6.07, 6.45) is 0. The first-order valence-electron chi connectivity index (χ1n) is 6.69. The van der Waals surface area contributed by atoms with Crippen molar-refractivity contribution in [1.82, 2.24) is 14.6 Å². The Kier molecular flexibility index (Phi) is 3.25. The Hall–Kier alpha value is -2.56. The van der Waals surface area contributed by atoms with E-state index >= 15 is 0 Å². The molecule has 0 fully saturated rings. The largest absolute Gasteiger partial charge is 0.493 e. The predicted molar refractivity (Wildman–Crippen MR) is 81.0 cm³/mol. The third-order valence-electron chi connectivity index (χ3n) is 3.44. The van der Waals surface area contributed by atoms with Crippen molar-refractivity contribution in [3.8, 4) is 22.8 Å². The average Bonchev–Trinajstić information content (AvgIpc) is 2.81. The van der Waals surface area contributed by atoms with Gasteiger partial charge in [-0.05, 0) is 44.2 Å². The Labute approximate surface area is 123 Å². The van der Waals surface area contributed by atoms with Gasteiger partial charge in [0, 0.05) is 5.56 Å². The van der Waals surface area contributed by atoms with Crippen LogP contribution in [-0.4, -0.2) is 28.8 Å². The van der Waals surface area contributed by atoms with Gasteiger partial charge in [0.15, 0.2) is 17.1 Å². The lowest BCUT2D eigenvalue weighted by Crippen LogP contribution is -1.97. The van der Waals surface area contributed by atoms with Crippen LogP contribution in [0.4, 0.5) is 0 Å². The summed E-state index contributed by atoms with van der Waals surface area (Å²) >= 11 is 0. The molecule has 3 aromatic rings. The van der Waals surface area contributed by atoms with Crippen LogP contribution >= 0.6 is 0 Å². The van der Waals surface area contributed by atoms with Gasteiger partial charge in [0.25, 0.3) is 0 Å². The fraction of sp³-hybridized carbons (Fsp3) is 0.250. The molecule has 0 saturated carbocycles. The molecule has 0 N–H and O–H groups in total. The van der Waals surface area contributed by atoms with Crippen LogP contribution in [0.3, 0.4) is 0 Å². The van der Waals surface area contributed by atoms with Crippen molar-refractivity contribution in [3.63, 3.8) is 0 Å². The summed E-state index contributed by atoms with van der Waals surface area (Å²) in [6, 6.07) is 9.75. The second kappa shape index (κ2) is 5.09. The van der Waals surface area contributed by atoms with E-state index in [9.17, 15) is 0 Å². The van der Waals surface area contributed by atoms with Gasteiger partial charge in [0.2, 0.25) is 0 Å². The molecule has 5 nitrogen and oxygen atoms in total. The Bertz CT molecular complexity index is 809. The topological polar surface area (TPSA) is 48.7 Å². The number of fused-ring (bicyclic) bond motifs is 1. The Balaban J connectivity index is 2.24. The molecule has 0 saturated heterocycles. The van der Waals surface area contributed by atoms with Crippen molar-refractivity contribution in [2.75, 3.05) is 14.2 Å². The highest BCUT2D eigenvalue weighted by Gasteiger charge is 2.14. The number of imidazole rings is 1. The smallest absolute Gasteiger partial charge is 0.161 e. The summed E-state index contributed by atoms with van der Waals surface area (Å²) in [6.45, 7) is 3.95. The van der Waals surface area contributed by atoms with E-state index in [1.807, 2.05) is 48.7 Å². The lowest BCUT2D eigenvalue weighted by Gasteiger charge is -2.10. The number of methoxy groups -OCH3 is 2. The van der Waals surface area contributed by atoms with E-state index in [0.717, 1.165) is 28.3 Å². The molecule has 21 heavy (non-hydrogen) atoms. The molecule has 0 bridgehead atoms. The van der Waals surface area contributed by atoms with Crippen molar-refractivity contribution >= 4 is 5.65 Å². The maximum absolute atomic E-state index is 5.38. The number of aryl methyl sites for hydroxylation is 2. The van der Waals surface area contributed by atoms with Crippen LogP contribution in [0.1, 0.15) is 11.4 Å². The maximum atomic E-state index is 5.38. The normalized spacial score (nSPS) is 10.9. The van der Waals surface area contributed by atoms with Crippen LogP contribution in [0.25, 0.3) is 16.9 Å². The SMILES string of the molecule is COc1ccc(-c2c(C)nc3ccc(C)nn23)cc1OC. The van der Waals surface area contributed by atoms with Gasteiger partial charge in [-0.3, -0.25) is 0 Å². The van der Waals surface area contributed by atoms with Gasteiger partial charge in [0.1, 0.15) is 0 Å². The third-order valence-corrected chi connectivity index (χ3v) is 3.44. The maximum Gasteiger partial charge on any atom is 0.161 e. The fourth-order valence-electron chi connectivity index (χ4n) is 2.45. The van der Waals surface area contributed by atoms with E-state index in [2.05, 4.69) is 10.1 Å². The summed E-state index contributed by atoms with van der Waals surface area (Å²) in [7, 11) is 3.26. The predicted octanol–water partition coefficient (Wildman–Crippen LogP) is 3.03. The van der Waals surface area contributed by atoms with E-state index < -0.39 is 0 Å². The Morgan fingerprint density at radius 2 is 1.71 bits per heavy atom. The van der Waals surface area contributed by atoms with Crippen molar-refractivity contribution in [3.05, 3.63) is 41.7 Å². The molecule has 3 rings (SSSR count). The standard InChI is InChI=1S/C16H17N3O2/c1-10-5-8-15-17-11(2)16(19(15)18-10)12-6-7-13(20-3)14(9-12)21-4/h5-9H,1-4H3. The monoisotopic (exact) mass is 283 g/mol. The zero-order valence-electron chi connectivity index (χ0n) is 12.5. The van der Waals surface area contributed by atoms with Gasteiger partial charge in [-0.1, -0.05) is 0 Å². The molecule has 0 spiro atoms. The van der Waals surface area contributed by atoms with Gasteiger partial charge in [-0.2, -0.15) is 5.10 Å². The molecule has 0 unspecified atom stereocenters. The highest BCUT2D eigenvalue weighted by molar-refractivity contribution is 5.69. The molecule has 0 atom stereocenters. The van der Waals surface area contributed by atoms with Crippen LogP contribution in [0.15, 0.2) is 30.3 Å². The summed E-state index contributed by atoms with van der Waals surface area (Å²) in [4.78, 5) is 4.56. The first-order valence-corrected chi connectivity index (χ1v) is 6.69. The van der Waals surface area contributed by atoms with Gasteiger partial charge in [-0.25, -0.2) is 9.50 Å². The van der Waals surface area contributed by atoms with Crippen LogP contribution in [-0.2, 0) is 0 Å². The minimum Gasteiger partial charge on any atom is -0.493 e. The van der Waals surface area contributed by atoms with Gasteiger partial charge >= 0.3 is 0 Å². The quantitative estimate of drug-likeness (QED) is 0.741. The lowest BCUT2D eigenvalue weighted by molar-refractivity contribution is 0.355. The zero-order chi connectivity index (χ0) is 15.0. The number of rotatable bonds is 3. The highest BCUT2D eigenvalue weighted by Crippen LogP contribution is 2.33. The molecule has 2 heterocycles. The molecule has 2 aromatic heterocycles. The minimum atomic E-state index is 0.692. The van der Waals surface area contributed by atoms with Gasteiger partial charge in [-0.15, -0.1) is 0 Å². The molecule has 0 radical (unpaired) electrons. The first-order chi connectivity index (χ1) is 10.1. The Morgan fingerprint density at radius 3 is 2.43 bits per heavy atom. The van der Waals surface area contributed by atoms with Crippen molar-refractivity contribution in [2.45, 2.75) is 13.8 Å². The number of nitrogens with zero attached hydrogens (tertiary/aromatic N) is 3. The van der Waals surface area contributed by atoms with Gasteiger partial charge < -0.3 is 9.47 Å². The third kappa shape index (κ3) is 2.20. The van der Waals surface area contributed by atoms with Crippen LogP contribution < -0.4 is 9.47 Å². The molecule has 1 aromatic carbocycles. The molecule has 0 aliphatic rings. The average molecular weight is 283 g/mol. The van der Waals surface area contributed by atoms with Crippen molar-refractivity contribution in [2.24, 2.45) is 0 Å². The second-order valence-electron chi connectivity index (χ2n) is 4.86. The molecular formula is C16H17N3O2. The minimum absolute atomic E-state index is 0.692. The Morgan fingerprint density at radius 1 is 0.952 bits per heavy atom. The highest BCUT2D eigenvalue weighted by atomic mass is 16.5. The lowest BCUT2D eigenvalue weighted by atomic mass is 10.1. The summed E-state index contributed by atoms with van der Waals surface area (Å²) in [5.41, 5.74) is 4.68. The molecule has 108 valence electrons. The molecular weight excluding hydrogens is 266 g/mol. The van der Waals surface area contributed by atoms with Crippen molar-refractivity contribution in [1.29, 1.82) is 0 Å². The van der Waals surface area contributed by atoms with E-state index in [1.165, 1.54) is 0 Å². The number of hydrogen-bond donors (Lipinski definition) is 0. The fourth-order valence-corrected chi connectivity index (χ4v) is 2.45. The zero-order valence-corrected chi connectivity index (χ0v) is 12.5. The van der Waals surface area contributed by atoms with E-state index in [-0.39, 0.29) is 0 Å². The summed E-state index contributed by atoms with van der Waals surface area (Å²) in [5, 5.41) is 4.55. The number of hydrogen-bond acceptors (Lipinski definition) is 4. The first kappa shape index (κ1) is 13.4. The number of benzene rings is 1. The van der Waals surface area contributed by atoms with Crippen LogP contribution in [0.2, 0.25) is 0 Å². The molecule has 5 heteroatoms. The van der Waals surface area contributed by atoms with E-state index in [4.69, 9.17) is 9.47 Å². The van der Waals surface area contributed by atoms with Crippen LogP contribution in [0.5, 0.6) is 11.5 Å². The summed E-state index contributed by atoms with van der Waals surface area (Å²) in [5.74, 6) is 1.40. The molecule has 0 aliphatic carbocycles. The van der Waals surface area contributed by atoms with E-state index in [1.54, 1.807) is 14.2 Å². The van der Waals surface area contributed by atoms with Crippen molar-refractivity contribution < 1.29 is 9.47 Å². The summed E-state index contributed by atoms with van der Waals surface area (Å²) < 4.78 is 12.5. The molecule has 0 aliphatic heterocycles. The van der Waals surface area contributed by atoms with Crippen LogP contribution in [0, 0.1) is 13.8 Å². The molecule has 0 amide bonds. The van der Waals surface area contributed by atoms with Gasteiger partial charge in [0.05, 0.1) is 31.3 Å². The number of ether oxygens (including phenoxy) is 2.